The summed E-state index contributed by atoms with van der Waals surface area (Å²) in [6, 6.07) is 5.60. The van der Waals surface area contributed by atoms with Crippen LogP contribution >= 0.6 is 0 Å². The standard InChI is InChI=1S/C26H30N4O4/c1-7-34-24(32)19-14-30-20(11-21(19)31)17-10-22(33-6)18(16-12-28-25(27-5)29-13-16)8-15(17)9-23(30)26(2,3)4/h8,10-14,23H,7,9H2,1-6H3,(H,27,28,29). The molecule has 0 radical (unpaired) electrons. The normalized spacial score (nSPS) is 14.7. The van der Waals surface area contributed by atoms with E-state index in [1.807, 2.05) is 10.6 Å². The second kappa shape index (κ2) is 8.93. The van der Waals surface area contributed by atoms with Gasteiger partial charge in [0.05, 0.1) is 19.4 Å². The summed E-state index contributed by atoms with van der Waals surface area (Å²) in [5.74, 6) is 0.598. The summed E-state index contributed by atoms with van der Waals surface area (Å²) in [6.45, 7) is 8.41. The van der Waals surface area contributed by atoms with Crippen LogP contribution in [0.15, 0.2) is 41.6 Å². The molecule has 1 unspecified atom stereocenters. The van der Waals surface area contributed by atoms with Crippen molar-refractivity contribution < 1.29 is 14.3 Å². The first kappa shape index (κ1) is 23.5. The Morgan fingerprint density at radius 1 is 1.18 bits per heavy atom. The van der Waals surface area contributed by atoms with Crippen molar-refractivity contribution in [1.29, 1.82) is 0 Å². The number of carbonyl (C=O) groups is 1. The Labute approximate surface area is 199 Å². The third-order valence-electron chi connectivity index (χ3n) is 6.21. The van der Waals surface area contributed by atoms with Crippen LogP contribution in [0.25, 0.3) is 22.4 Å². The van der Waals surface area contributed by atoms with Crippen LogP contribution in [0, 0.1) is 5.41 Å². The summed E-state index contributed by atoms with van der Waals surface area (Å²) in [4.78, 5) is 34.0. The van der Waals surface area contributed by atoms with Crippen molar-refractivity contribution >= 4 is 11.9 Å². The van der Waals surface area contributed by atoms with E-state index in [1.165, 1.54) is 6.07 Å². The third kappa shape index (κ3) is 4.16. The monoisotopic (exact) mass is 462 g/mol. The Morgan fingerprint density at radius 2 is 1.88 bits per heavy atom. The molecule has 1 aliphatic heterocycles. The highest BCUT2D eigenvalue weighted by Gasteiger charge is 2.34. The van der Waals surface area contributed by atoms with Crippen molar-refractivity contribution in [1.82, 2.24) is 14.5 Å². The molecular weight excluding hydrogens is 432 g/mol. The molecule has 2 aromatic heterocycles. The maximum atomic E-state index is 12.9. The summed E-state index contributed by atoms with van der Waals surface area (Å²) < 4.78 is 12.9. The van der Waals surface area contributed by atoms with Crippen molar-refractivity contribution in [2.24, 2.45) is 5.41 Å². The molecule has 3 aromatic rings. The van der Waals surface area contributed by atoms with E-state index in [1.54, 1.807) is 39.7 Å². The smallest absolute Gasteiger partial charge is 0.343 e. The molecule has 34 heavy (non-hydrogen) atoms. The molecule has 4 rings (SSSR count). The molecule has 0 fully saturated rings. The fraction of sp³-hybridized carbons (Fsp3) is 0.385. The molecule has 8 heteroatoms. The van der Waals surface area contributed by atoms with E-state index >= 15 is 0 Å². The van der Waals surface area contributed by atoms with E-state index in [-0.39, 0.29) is 29.1 Å². The van der Waals surface area contributed by atoms with Gasteiger partial charge >= 0.3 is 5.97 Å². The number of hydrogen-bond donors (Lipinski definition) is 1. The number of nitrogens with one attached hydrogen (secondary N) is 1. The first-order valence-electron chi connectivity index (χ1n) is 11.3. The Morgan fingerprint density at radius 3 is 2.47 bits per heavy atom. The van der Waals surface area contributed by atoms with Crippen LogP contribution < -0.4 is 15.5 Å². The highest BCUT2D eigenvalue weighted by atomic mass is 16.5. The number of nitrogens with zero attached hydrogens (tertiary/aromatic N) is 3. The lowest BCUT2D eigenvalue weighted by atomic mass is 9.78. The van der Waals surface area contributed by atoms with Crippen molar-refractivity contribution in [3.05, 3.63) is 58.1 Å². The zero-order chi connectivity index (χ0) is 24.6. The Bertz CT molecular complexity index is 1290. The molecule has 3 heterocycles. The molecule has 0 aliphatic carbocycles. The quantitative estimate of drug-likeness (QED) is 0.564. The number of ether oxygens (including phenoxy) is 2. The fourth-order valence-electron chi connectivity index (χ4n) is 4.44. The number of esters is 1. The summed E-state index contributed by atoms with van der Waals surface area (Å²) in [5.41, 5.74) is 4.04. The van der Waals surface area contributed by atoms with Crippen LogP contribution in [0.4, 0.5) is 5.95 Å². The summed E-state index contributed by atoms with van der Waals surface area (Å²) >= 11 is 0. The minimum Gasteiger partial charge on any atom is -0.496 e. The number of rotatable bonds is 5. The Kier molecular flexibility index (Phi) is 6.17. The number of carbonyl (C=O) groups excluding carboxylic acids is 1. The van der Waals surface area contributed by atoms with Gasteiger partial charge in [-0.15, -0.1) is 0 Å². The second-order valence-corrected chi connectivity index (χ2v) is 9.41. The van der Waals surface area contributed by atoms with Crippen LogP contribution in [-0.2, 0) is 11.2 Å². The minimum absolute atomic E-state index is 0.0212. The lowest BCUT2D eigenvalue weighted by Crippen LogP contribution is -2.33. The zero-order valence-electron chi connectivity index (χ0n) is 20.4. The van der Waals surface area contributed by atoms with Crippen molar-refractivity contribution in [2.45, 2.75) is 40.2 Å². The molecule has 1 N–H and O–H groups in total. The van der Waals surface area contributed by atoms with Crippen LogP contribution in [-0.4, -0.2) is 41.3 Å². The zero-order valence-corrected chi connectivity index (χ0v) is 20.4. The Hall–Kier alpha value is -3.68. The van der Waals surface area contributed by atoms with Crippen LogP contribution in [0.1, 0.15) is 49.7 Å². The van der Waals surface area contributed by atoms with Gasteiger partial charge in [-0.3, -0.25) is 4.79 Å². The van der Waals surface area contributed by atoms with Gasteiger partial charge in [-0.05, 0) is 36.5 Å². The van der Waals surface area contributed by atoms with Gasteiger partial charge in [-0.2, -0.15) is 0 Å². The van der Waals surface area contributed by atoms with Gasteiger partial charge in [-0.1, -0.05) is 20.8 Å². The van der Waals surface area contributed by atoms with E-state index in [0.717, 1.165) is 34.4 Å². The first-order valence-corrected chi connectivity index (χ1v) is 11.3. The number of fused-ring (bicyclic) bond motifs is 3. The van der Waals surface area contributed by atoms with Gasteiger partial charge in [0.15, 0.2) is 5.43 Å². The number of pyridine rings is 1. The van der Waals surface area contributed by atoms with E-state index in [4.69, 9.17) is 9.47 Å². The molecule has 0 amide bonds. The van der Waals surface area contributed by atoms with Crippen LogP contribution in [0.2, 0.25) is 0 Å². The predicted molar refractivity (Wildman–Crippen MR) is 131 cm³/mol. The number of hydrogen-bond acceptors (Lipinski definition) is 7. The summed E-state index contributed by atoms with van der Waals surface area (Å²) in [6.07, 6.45) is 5.90. The molecule has 178 valence electrons. The largest absolute Gasteiger partial charge is 0.496 e. The number of aromatic nitrogens is 3. The lowest BCUT2D eigenvalue weighted by molar-refractivity contribution is 0.0523. The van der Waals surface area contributed by atoms with Gasteiger partial charge in [0.1, 0.15) is 11.3 Å². The maximum Gasteiger partial charge on any atom is 0.343 e. The van der Waals surface area contributed by atoms with Gasteiger partial charge in [0.2, 0.25) is 5.95 Å². The van der Waals surface area contributed by atoms with Gasteiger partial charge < -0.3 is 19.4 Å². The van der Waals surface area contributed by atoms with Gasteiger partial charge in [0, 0.05) is 54.4 Å². The highest BCUT2D eigenvalue weighted by molar-refractivity contribution is 5.89. The van der Waals surface area contributed by atoms with Crippen LogP contribution in [0.3, 0.4) is 0 Å². The molecule has 0 spiro atoms. The lowest BCUT2D eigenvalue weighted by Gasteiger charge is -2.39. The van der Waals surface area contributed by atoms with E-state index in [0.29, 0.717) is 11.7 Å². The molecule has 1 atom stereocenters. The van der Waals surface area contributed by atoms with Crippen molar-refractivity contribution in [3.8, 4) is 28.1 Å². The highest BCUT2D eigenvalue weighted by Crippen LogP contribution is 2.45. The van der Waals surface area contributed by atoms with E-state index in [2.05, 4.69) is 42.1 Å². The van der Waals surface area contributed by atoms with E-state index in [9.17, 15) is 9.59 Å². The number of anilines is 1. The minimum atomic E-state index is -0.598. The van der Waals surface area contributed by atoms with Gasteiger partial charge in [0.25, 0.3) is 0 Å². The SMILES string of the molecule is CCOC(=O)c1cn2c(cc1=O)-c1cc(OC)c(-c3cnc(NC)nc3)cc1CC2C(C)(C)C. The topological polar surface area (TPSA) is 95.3 Å². The predicted octanol–water partition coefficient (Wildman–Crippen LogP) is 4.34. The van der Waals surface area contributed by atoms with Crippen molar-refractivity contribution in [2.75, 3.05) is 26.1 Å². The molecular formula is C26H30N4O4. The first-order chi connectivity index (χ1) is 16.2. The van der Waals surface area contributed by atoms with Gasteiger partial charge in [-0.25, -0.2) is 14.8 Å². The molecule has 1 aromatic carbocycles. The second-order valence-electron chi connectivity index (χ2n) is 9.41. The Balaban J connectivity index is 1.93. The number of methoxy groups -OCH3 is 1. The van der Waals surface area contributed by atoms with E-state index < -0.39 is 5.97 Å². The molecule has 0 bridgehead atoms. The summed E-state index contributed by atoms with van der Waals surface area (Å²) in [5, 5.41) is 2.92. The summed E-state index contributed by atoms with van der Waals surface area (Å²) in [7, 11) is 3.39. The average molecular weight is 463 g/mol. The number of benzene rings is 1. The molecule has 0 saturated carbocycles. The maximum absolute atomic E-state index is 12.9. The van der Waals surface area contributed by atoms with Crippen LogP contribution in [0.5, 0.6) is 5.75 Å². The van der Waals surface area contributed by atoms with Crippen molar-refractivity contribution in [3.63, 3.8) is 0 Å². The fourth-order valence-corrected chi connectivity index (χ4v) is 4.44. The third-order valence-corrected chi connectivity index (χ3v) is 6.21. The molecule has 8 nitrogen and oxygen atoms in total. The molecule has 0 saturated heterocycles. The molecule has 1 aliphatic rings. The average Bonchev–Trinajstić information content (AvgIpc) is 2.82.